The summed E-state index contributed by atoms with van der Waals surface area (Å²) < 4.78 is 5.39. The maximum atomic E-state index is 12.4. The van der Waals surface area contributed by atoms with Gasteiger partial charge in [-0.25, -0.2) is 0 Å². The lowest BCUT2D eigenvalue weighted by molar-refractivity contribution is 0.0443. The summed E-state index contributed by atoms with van der Waals surface area (Å²) in [6.07, 6.45) is 5.29. The molecule has 1 amide bonds. The molecule has 1 saturated heterocycles. The average molecular weight is 344 g/mol. The largest absolute Gasteiger partial charge is 0.381 e. The molecule has 3 rings (SSSR count). The smallest absolute Gasteiger partial charge is 0.261 e. The standard InChI is InChI=1S/C14H18BrNO2S/c15-9-14(4-6-18-7-5-14)16-13(17)12-8-10-2-1-3-11(10)19-12/h8H,1-7,9H2,(H,16,17). The van der Waals surface area contributed by atoms with Crippen molar-refractivity contribution < 1.29 is 9.53 Å². The van der Waals surface area contributed by atoms with E-state index in [1.165, 1.54) is 16.9 Å². The van der Waals surface area contributed by atoms with E-state index in [0.717, 1.165) is 49.1 Å². The van der Waals surface area contributed by atoms with Gasteiger partial charge in [0.05, 0.1) is 10.4 Å². The summed E-state index contributed by atoms with van der Waals surface area (Å²) >= 11 is 5.22. The normalized spacial score (nSPS) is 21.1. The van der Waals surface area contributed by atoms with Gasteiger partial charge in [-0.15, -0.1) is 11.3 Å². The fourth-order valence-corrected chi connectivity index (χ4v) is 4.65. The van der Waals surface area contributed by atoms with E-state index < -0.39 is 0 Å². The first kappa shape index (κ1) is 13.6. The van der Waals surface area contributed by atoms with Gasteiger partial charge < -0.3 is 10.1 Å². The molecule has 5 heteroatoms. The summed E-state index contributed by atoms with van der Waals surface area (Å²) in [5.74, 6) is 0.0840. The van der Waals surface area contributed by atoms with E-state index in [1.54, 1.807) is 11.3 Å². The molecule has 2 aliphatic rings. The van der Waals surface area contributed by atoms with Crippen LogP contribution in [0.4, 0.5) is 0 Å². The number of amides is 1. The highest BCUT2D eigenvalue weighted by Gasteiger charge is 2.34. The first-order valence-corrected chi connectivity index (χ1v) is 8.74. The van der Waals surface area contributed by atoms with Crippen molar-refractivity contribution in [1.82, 2.24) is 5.32 Å². The van der Waals surface area contributed by atoms with Crippen LogP contribution in [0, 0.1) is 0 Å². The van der Waals surface area contributed by atoms with Crippen LogP contribution in [-0.2, 0) is 17.6 Å². The van der Waals surface area contributed by atoms with Crippen LogP contribution in [0.3, 0.4) is 0 Å². The molecule has 0 radical (unpaired) electrons. The molecule has 0 spiro atoms. The van der Waals surface area contributed by atoms with Gasteiger partial charge >= 0.3 is 0 Å². The topological polar surface area (TPSA) is 38.3 Å². The van der Waals surface area contributed by atoms with Crippen molar-refractivity contribution in [2.45, 2.75) is 37.6 Å². The van der Waals surface area contributed by atoms with Crippen LogP contribution < -0.4 is 5.32 Å². The van der Waals surface area contributed by atoms with Gasteiger partial charge in [0, 0.05) is 23.4 Å². The van der Waals surface area contributed by atoms with Crippen molar-refractivity contribution in [2.24, 2.45) is 0 Å². The number of carbonyl (C=O) groups excluding carboxylic acids is 1. The molecular formula is C14H18BrNO2S. The summed E-state index contributed by atoms with van der Waals surface area (Å²) in [5, 5.41) is 4.02. The Balaban J connectivity index is 1.72. The number of nitrogens with one attached hydrogen (secondary N) is 1. The molecule has 1 aliphatic heterocycles. The van der Waals surface area contributed by atoms with E-state index in [9.17, 15) is 4.79 Å². The number of ether oxygens (including phenoxy) is 1. The number of carbonyl (C=O) groups is 1. The Labute approximate surface area is 125 Å². The van der Waals surface area contributed by atoms with Crippen molar-refractivity contribution in [1.29, 1.82) is 0 Å². The number of rotatable bonds is 3. The summed E-state index contributed by atoms with van der Waals surface area (Å²) in [5.41, 5.74) is 1.25. The Morgan fingerprint density at radius 1 is 1.42 bits per heavy atom. The molecule has 0 bridgehead atoms. The number of alkyl halides is 1. The molecule has 1 aromatic heterocycles. The second kappa shape index (κ2) is 5.54. The summed E-state index contributed by atoms with van der Waals surface area (Å²) in [6, 6.07) is 2.09. The SMILES string of the molecule is O=C(NC1(CBr)CCOCC1)c1cc2c(s1)CCC2. The van der Waals surface area contributed by atoms with Crippen molar-refractivity contribution in [2.75, 3.05) is 18.5 Å². The summed E-state index contributed by atoms with van der Waals surface area (Å²) in [4.78, 5) is 14.7. The lowest BCUT2D eigenvalue weighted by atomic mass is 9.92. The molecule has 1 aromatic rings. The van der Waals surface area contributed by atoms with Gasteiger partial charge in [-0.1, -0.05) is 15.9 Å². The monoisotopic (exact) mass is 343 g/mol. The minimum Gasteiger partial charge on any atom is -0.381 e. The molecule has 2 heterocycles. The number of thiophene rings is 1. The van der Waals surface area contributed by atoms with Gasteiger partial charge in [0.25, 0.3) is 5.91 Å². The zero-order valence-corrected chi connectivity index (χ0v) is 13.2. The Morgan fingerprint density at radius 2 is 2.21 bits per heavy atom. The zero-order chi connectivity index (χ0) is 13.3. The Kier molecular flexibility index (Phi) is 3.96. The lowest BCUT2D eigenvalue weighted by Crippen LogP contribution is -2.53. The van der Waals surface area contributed by atoms with Crippen molar-refractivity contribution in [3.05, 3.63) is 21.4 Å². The van der Waals surface area contributed by atoms with Crippen molar-refractivity contribution >= 4 is 33.2 Å². The molecule has 0 aromatic carbocycles. The number of fused-ring (bicyclic) bond motifs is 1. The molecular weight excluding hydrogens is 326 g/mol. The average Bonchev–Trinajstić information content (AvgIpc) is 3.00. The second-order valence-electron chi connectivity index (χ2n) is 5.39. The molecule has 1 N–H and O–H groups in total. The van der Waals surface area contributed by atoms with E-state index in [1.807, 2.05) is 0 Å². The predicted octanol–water partition coefficient (Wildman–Crippen LogP) is 2.91. The van der Waals surface area contributed by atoms with Gasteiger partial charge in [0.2, 0.25) is 0 Å². The van der Waals surface area contributed by atoms with Gasteiger partial charge in [0.15, 0.2) is 0 Å². The van der Waals surface area contributed by atoms with E-state index in [0.29, 0.717) is 0 Å². The number of hydrogen-bond acceptors (Lipinski definition) is 3. The fraction of sp³-hybridized carbons (Fsp3) is 0.643. The van der Waals surface area contributed by atoms with Crippen LogP contribution in [0.2, 0.25) is 0 Å². The minimum atomic E-state index is -0.135. The van der Waals surface area contributed by atoms with Gasteiger partial charge in [0.1, 0.15) is 0 Å². The summed E-state index contributed by atoms with van der Waals surface area (Å²) in [7, 11) is 0. The molecule has 19 heavy (non-hydrogen) atoms. The van der Waals surface area contributed by atoms with Crippen LogP contribution in [0.25, 0.3) is 0 Å². The van der Waals surface area contributed by atoms with Gasteiger partial charge in [-0.3, -0.25) is 4.79 Å². The maximum absolute atomic E-state index is 12.4. The molecule has 104 valence electrons. The molecule has 1 aliphatic carbocycles. The number of aryl methyl sites for hydroxylation is 2. The molecule has 3 nitrogen and oxygen atoms in total. The lowest BCUT2D eigenvalue weighted by Gasteiger charge is -2.36. The third kappa shape index (κ3) is 2.73. The molecule has 0 saturated carbocycles. The van der Waals surface area contributed by atoms with Crippen LogP contribution in [-0.4, -0.2) is 30.0 Å². The molecule has 0 unspecified atom stereocenters. The van der Waals surface area contributed by atoms with Gasteiger partial charge in [-0.2, -0.15) is 0 Å². The quantitative estimate of drug-likeness (QED) is 0.857. The highest BCUT2D eigenvalue weighted by atomic mass is 79.9. The number of halogens is 1. The van der Waals surface area contributed by atoms with Crippen molar-refractivity contribution in [3.63, 3.8) is 0 Å². The van der Waals surface area contributed by atoms with E-state index in [2.05, 4.69) is 27.3 Å². The third-order valence-corrected chi connectivity index (χ3v) is 6.36. The molecule has 0 atom stereocenters. The van der Waals surface area contributed by atoms with E-state index >= 15 is 0 Å². The Morgan fingerprint density at radius 3 is 2.89 bits per heavy atom. The predicted molar refractivity (Wildman–Crippen MR) is 80.4 cm³/mol. The third-order valence-electron chi connectivity index (χ3n) is 4.05. The van der Waals surface area contributed by atoms with Crippen LogP contribution >= 0.6 is 27.3 Å². The zero-order valence-electron chi connectivity index (χ0n) is 10.8. The number of hydrogen-bond donors (Lipinski definition) is 1. The van der Waals surface area contributed by atoms with Gasteiger partial charge in [-0.05, 0) is 43.7 Å². The highest BCUT2D eigenvalue weighted by Crippen LogP contribution is 2.31. The van der Waals surface area contributed by atoms with E-state index in [-0.39, 0.29) is 11.4 Å². The second-order valence-corrected chi connectivity index (χ2v) is 7.09. The van der Waals surface area contributed by atoms with Crippen molar-refractivity contribution in [3.8, 4) is 0 Å². The maximum Gasteiger partial charge on any atom is 0.261 e. The first-order chi connectivity index (χ1) is 9.22. The van der Waals surface area contributed by atoms with Crippen LogP contribution in [0.5, 0.6) is 0 Å². The Hall–Kier alpha value is -0.390. The van der Waals surface area contributed by atoms with Crippen LogP contribution in [0.1, 0.15) is 39.4 Å². The van der Waals surface area contributed by atoms with Crippen LogP contribution in [0.15, 0.2) is 6.07 Å². The Bertz CT molecular complexity index is 458. The molecule has 1 fully saturated rings. The minimum absolute atomic E-state index is 0.0840. The first-order valence-electron chi connectivity index (χ1n) is 6.80. The highest BCUT2D eigenvalue weighted by molar-refractivity contribution is 9.09. The summed E-state index contributed by atoms with van der Waals surface area (Å²) in [6.45, 7) is 1.46. The fourth-order valence-electron chi connectivity index (χ4n) is 2.80. The van der Waals surface area contributed by atoms with E-state index in [4.69, 9.17) is 4.74 Å².